The quantitative estimate of drug-likeness (QED) is 0.364. The Bertz CT molecular complexity index is 218. The number of rotatable bonds is 1. The molecule has 0 unspecified atom stereocenters. The minimum Gasteiger partial charge on any atom is -0.411 e. The van der Waals surface area contributed by atoms with Crippen LogP contribution in [-0.4, -0.2) is 16.4 Å². The second kappa shape index (κ2) is 2.59. The average molecular weight is 142 g/mol. The SMILES string of the molecule is Cc1csc(/C=N/O)n1. The third-order valence-corrected chi connectivity index (χ3v) is 1.70. The van der Waals surface area contributed by atoms with Crippen LogP contribution in [0, 0.1) is 6.92 Å². The van der Waals surface area contributed by atoms with Crippen molar-refractivity contribution in [1.29, 1.82) is 0 Å². The normalized spacial score (nSPS) is 10.8. The van der Waals surface area contributed by atoms with Crippen LogP contribution in [-0.2, 0) is 0 Å². The molecule has 1 N–H and O–H groups in total. The van der Waals surface area contributed by atoms with Crippen LogP contribution in [0.15, 0.2) is 10.5 Å². The summed E-state index contributed by atoms with van der Waals surface area (Å²) in [5.74, 6) is 0. The fraction of sp³-hybridized carbons (Fsp3) is 0.200. The van der Waals surface area contributed by atoms with Gasteiger partial charge in [0.1, 0.15) is 11.2 Å². The van der Waals surface area contributed by atoms with E-state index in [1.165, 1.54) is 17.6 Å². The lowest BCUT2D eigenvalue weighted by Crippen LogP contribution is -1.77. The van der Waals surface area contributed by atoms with Gasteiger partial charge >= 0.3 is 0 Å². The minimum absolute atomic E-state index is 0.731. The second-order valence-electron chi connectivity index (χ2n) is 1.57. The van der Waals surface area contributed by atoms with Crippen molar-refractivity contribution in [3.05, 3.63) is 16.1 Å². The zero-order chi connectivity index (χ0) is 6.69. The Kier molecular flexibility index (Phi) is 1.79. The molecule has 0 radical (unpaired) electrons. The number of nitrogens with zero attached hydrogens (tertiary/aromatic N) is 2. The minimum atomic E-state index is 0.731. The Morgan fingerprint density at radius 3 is 3.11 bits per heavy atom. The maximum atomic E-state index is 8.07. The molecular formula is C5H6N2OS. The van der Waals surface area contributed by atoms with Gasteiger partial charge in [-0.1, -0.05) is 5.16 Å². The van der Waals surface area contributed by atoms with E-state index in [9.17, 15) is 0 Å². The summed E-state index contributed by atoms with van der Waals surface area (Å²) in [5.41, 5.74) is 0.954. The van der Waals surface area contributed by atoms with Crippen molar-refractivity contribution in [3.63, 3.8) is 0 Å². The first kappa shape index (κ1) is 6.22. The fourth-order valence-corrected chi connectivity index (χ4v) is 1.13. The molecule has 0 aromatic carbocycles. The van der Waals surface area contributed by atoms with Crippen LogP contribution in [0.1, 0.15) is 10.7 Å². The molecule has 3 nitrogen and oxygen atoms in total. The molecule has 48 valence electrons. The first-order valence-corrected chi connectivity index (χ1v) is 3.30. The maximum absolute atomic E-state index is 8.07. The molecule has 0 aliphatic carbocycles. The van der Waals surface area contributed by atoms with Gasteiger partial charge in [0.25, 0.3) is 0 Å². The molecule has 0 amide bonds. The van der Waals surface area contributed by atoms with E-state index in [1.54, 1.807) is 0 Å². The first-order valence-electron chi connectivity index (χ1n) is 2.42. The van der Waals surface area contributed by atoms with Gasteiger partial charge in [0, 0.05) is 11.1 Å². The molecular weight excluding hydrogens is 136 g/mol. The van der Waals surface area contributed by atoms with E-state index in [2.05, 4.69) is 10.1 Å². The average Bonchev–Trinajstić information content (AvgIpc) is 2.17. The highest BCUT2D eigenvalue weighted by Gasteiger charge is 1.91. The summed E-state index contributed by atoms with van der Waals surface area (Å²) in [6.07, 6.45) is 1.32. The van der Waals surface area contributed by atoms with Gasteiger partial charge in [-0.05, 0) is 6.92 Å². The van der Waals surface area contributed by atoms with Gasteiger partial charge < -0.3 is 5.21 Å². The molecule has 9 heavy (non-hydrogen) atoms. The topological polar surface area (TPSA) is 45.5 Å². The van der Waals surface area contributed by atoms with Crippen molar-refractivity contribution in [3.8, 4) is 0 Å². The van der Waals surface area contributed by atoms with Gasteiger partial charge in [-0.25, -0.2) is 4.98 Å². The van der Waals surface area contributed by atoms with Gasteiger partial charge in [-0.2, -0.15) is 0 Å². The third kappa shape index (κ3) is 1.50. The Balaban J connectivity index is 2.85. The number of thiazole rings is 1. The van der Waals surface area contributed by atoms with Crippen LogP contribution < -0.4 is 0 Å². The molecule has 0 aliphatic rings. The molecule has 0 spiro atoms. The van der Waals surface area contributed by atoms with Crippen LogP contribution in [0.4, 0.5) is 0 Å². The largest absolute Gasteiger partial charge is 0.411 e. The summed E-state index contributed by atoms with van der Waals surface area (Å²) in [7, 11) is 0. The Morgan fingerprint density at radius 2 is 2.67 bits per heavy atom. The van der Waals surface area contributed by atoms with E-state index in [1.807, 2.05) is 12.3 Å². The van der Waals surface area contributed by atoms with Crippen molar-refractivity contribution in [1.82, 2.24) is 4.98 Å². The molecule has 1 heterocycles. The van der Waals surface area contributed by atoms with Gasteiger partial charge in [0.15, 0.2) is 0 Å². The lowest BCUT2D eigenvalue weighted by Gasteiger charge is -1.75. The number of aromatic nitrogens is 1. The first-order chi connectivity index (χ1) is 4.33. The Labute approximate surface area is 56.7 Å². The van der Waals surface area contributed by atoms with Gasteiger partial charge in [0.2, 0.25) is 0 Å². The standard InChI is InChI=1S/C5H6N2OS/c1-4-3-9-5(7-4)2-6-8/h2-3,8H,1H3/b6-2+. The molecule has 0 fully saturated rings. The van der Waals surface area contributed by atoms with Crippen LogP contribution >= 0.6 is 11.3 Å². The summed E-state index contributed by atoms with van der Waals surface area (Å²) in [6.45, 7) is 1.89. The molecule has 4 heteroatoms. The Morgan fingerprint density at radius 1 is 1.89 bits per heavy atom. The van der Waals surface area contributed by atoms with Crippen molar-refractivity contribution in [2.24, 2.45) is 5.16 Å². The molecule has 0 saturated carbocycles. The smallest absolute Gasteiger partial charge is 0.138 e. The zero-order valence-electron chi connectivity index (χ0n) is 4.90. The third-order valence-electron chi connectivity index (χ3n) is 0.805. The van der Waals surface area contributed by atoms with Gasteiger partial charge in [0.05, 0.1) is 0 Å². The molecule has 0 bridgehead atoms. The van der Waals surface area contributed by atoms with E-state index < -0.39 is 0 Å². The second-order valence-corrected chi connectivity index (χ2v) is 2.46. The number of aryl methyl sites for hydroxylation is 1. The summed E-state index contributed by atoms with van der Waals surface area (Å²) >= 11 is 1.45. The van der Waals surface area contributed by atoms with E-state index in [0.717, 1.165) is 10.7 Å². The van der Waals surface area contributed by atoms with Crippen LogP contribution in [0.2, 0.25) is 0 Å². The van der Waals surface area contributed by atoms with Crippen molar-refractivity contribution >= 4 is 17.6 Å². The summed E-state index contributed by atoms with van der Waals surface area (Å²) in [5, 5.41) is 13.5. The monoisotopic (exact) mass is 142 g/mol. The fourth-order valence-electron chi connectivity index (χ4n) is 0.481. The zero-order valence-corrected chi connectivity index (χ0v) is 5.72. The van der Waals surface area contributed by atoms with E-state index in [4.69, 9.17) is 5.21 Å². The molecule has 1 rings (SSSR count). The van der Waals surface area contributed by atoms with Crippen molar-refractivity contribution in [2.45, 2.75) is 6.92 Å². The van der Waals surface area contributed by atoms with Crippen molar-refractivity contribution < 1.29 is 5.21 Å². The predicted octanol–water partition coefficient (Wildman–Crippen LogP) is 1.26. The lowest BCUT2D eigenvalue weighted by molar-refractivity contribution is 0.322. The number of hydrogen-bond donors (Lipinski definition) is 1. The molecule has 0 saturated heterocycles. The summed E-state index contributed by atoms with van der Waals surface area (Å²) < 4.78 is 0. The number of oxime groups is 1. The highest BCUT2D eigenvalue weighted by molar-refractivity contribution is 7.11. The van der Waals surface area contributed by atoms with Gasteiger partial charge in [-0.3, -0.25) is 0 Å². The van der Waals surface area contributed by atoms with Crippen molar-refractivity contribution in [2.75, 3.05) is 0 Å². The predicted molar refractivity (Wildman–Crippen MR) is 36.2 cm³/mol. The van der Waals surface area contributed by atoms with Gasteiger partial charge in [-0.15, -0.1) is 11.3 Å². The number of hydrogen-bond acceptors (Lipinski definition) is 4. The molecule has 0 atom stereocenters. The van der Waals surface area contributed by atoms with E-state index in [-0.39, 0.29) is 0 Å². The molecule has 1 aromatic heterocycles. The highest BCUT2D eigenvalue weighted by atomic mass is 32.1. The maximum Gasteiger partial charge on any atom is 0.138 e. The molecule has 0 aliphatic heterocycles. The Hall–Kier alpha value is -0.900. The lowest BCUT2D eigenvalue weighted by atomic mass is 10.6. The van der Waals surface area contributed by atoms with Crippen LogP contribution in [0.25, 0.3) is 0 Å². The van der Waals surface area contributed by atoms with E-state index >= 15 is 0 Å². The van der Waals surface area contributed by atoms with E-state index in [0.29, 0.717) is 0 Å². The van der Waals surface area contributed by atoms with Crippen LogP contribution in [0.5, 0.6) is 0 Å². The summed E-state index contributed by atoms with van der Waals surface area (Å²) in [4.78, 5) is 4.01. The van der Waals surface area contributed by atoms with Crippen LogP contribution in [0.3, 0.4) is 0 Å². The summed E-state index contributed by atoms with van der Waals surface area (Å²) in [6, 6.07) is 0. The highest BCUT2D eigenvalue weighted by Crippen LogP contribution is 2.04. The molecule has 1 aromatic rings.